The highest BCUT2D eigenvalue weighted by atomic mass is 19.4. The van der Waals surface area contributed by atoms with Crippen LogP contribution in [-0.2, 0) is 30.5 Å². The zero-order chi connectivity index (χ0) is 24.6. The number of pyridine rings is 2. The number of nitrogens with one attached hydrogen (secondary N) is 1. The lowest BCUT2D eigenvalue weighted by Crippen LogP contribution is -2.26. The fourth-order valence-electron chi connectivity index (χ4n) is 4.25. The quantitative estimate of drug-likeness (QED) is 0.432. The van der Waals surface area contributed by atoms with E-state index in [1.165, 1.54) is 36.7 Å². The predicted octanol–water partition coefficient (Wildman–Crippen LogP) is 4.98. The molecule has 1 aliphatic rings. The topological polar surface area (TPSA) is 76.1 Å². The highest BCUT2D eigenvalue weighted by Gasteiger charge is 2.34. The van der Waals surface area contributed by atoms with Gasteiger partial charge in [0, 0.05) is 43.8 Å². The molecule has 0 radical (unpaired) electrons. The van der Waals surface area contributed by atoms with E-state index in [0.29, 0.717) is 22.7 Å². The number of alkyl halides is 3. The second-order valence-corrected chi connectivity index (χ2v) is 8.51. The lowest BCUT2D eigenvalue weighted by Gasteiger charge is -2.25. The Bertz CT molecular complexity index is 1390. The number of rotatable bonds is 5. The second kappa shape index (κ2) is 9.20. The van der Waals surface area contributed by atoms with E-state index in [-0.39, 0.29) is 17.9 Å². The second-order valence-electron chi connectivity index (χ2n) is 8.51. The summed E-state index contributed by atoms with van der Waals surface area (Å²) in [6.07, 6.45) is -0.852. The molecule has 0 bridgehead atoms. The van der Waals surface area contributed by atoms with Crippen molar-refractivity contribution in [1.29, 1.82) is 0 Å². The van der Waals surface area contributed by atoms with Crippen LogP contribution >= 0.6 is 0 Å². The maximum atomic E-state index is 13.5. The van der Waals surface area contributed by atoms with Crippen molar-refractivity contribution in [3.05, 3.63) is 71.3 Å². The Morgan fingerprint density at radius 2 is 1.94 bits per heavy atom. The van der Waals surface area contributed by atoms with E-state index in [1.807, 2.05) is 6.07 Å². The SMILES string of the molecule is COCc1nc(Nc2ccc3c(c2)CN(C)CC3)c2ncc(-c3ncccc3C(F)(F)F)cc2n1. The molecule has 0 aliphatic carbocycles. The van der Waals surface area contributed by atoms with Gasteiger partial charge in [-0.3, -0.25) is 4.98 Å². The van der Waals surface area contributed by atoms with E-state index >= 15 is 0 Å². The number of anilines is 2. The molecule has 1 aromatic carbocycles. The molecule has 35 heavy (non-hydrogen) atoms. The standard InChI is InChI=1S/C25H23F3N6O/c1-34-9-7-15-5-6-18(10-17(15)13-34)31-24-23-20(32-21(33-24)14-35-2)11-16(12-30-23)22-19(25(26,27)28)4-3-8-29-22/h3-6,8,10-12H,7,9,13-14H2,1-2H3,(H,31,32,33). The van der Waals surface area contributed by atoms with Crippen molar-refractivity contribution in [3.8, 4) is 11.3 Å². The Labute approximate surface area is 200 Å². The highest BCUT2D eigenvalue weighted by Crippen LogP contribution is 2.36. The van der Waals surface area contributed by atoms with E-state index in [0.717, 1.165) is 31.3 Å². The molecule has 0 saturated carbocycles. The monoisotopic (exact) mass is 480 g/mol. The van der Waals surface area contributed by atoms with Gasteiger partial charge in [-0.2, -0.15) is 13.2 Å². The number of likely N-dealkylation sites (N-methyl/N-ethyl adjacent to an activating group) is 1. The fraction of sp³-hybridized carbons (Fsp3) is 0.280. The average molecular weight is 480 g/mol. The van der Waals surface area contributed by atoms with Crippen molar-refractivity contribution in [3.63, 3.8) is 0 Å². The van der Waals surface area contributed by atoms with Crippen LogP contribution < -0.4 is 5.32 Å². The van der Waals surface area contributed by atoms with Gasteiger partial charge in [0.2, 0.25) is 0 Å². The van der Waals surface area contributed by atoms with Crippen LogP contribution in [0.1, 0.15) is 22.5 Å². The minimum absolute atomic E-state index is 0.140. The molecule has 0 spiro atoms. The first-order valence-corrected chi connectivity index (χ1v) is 11.1. The Balaban J connectivity index is 1.57. The average Bonchev–Trinajstić information content (AvgIpc) is 2.83. The van der Waals surface area contributed by atoms with Crippen molar-refractivity contribution in [2.75, 3.05) is 26.0 Å². The van der Waals surface area contributed by atoms with Gasteiger partial charge in [-0.1, -0.05) is 6.07 Å². The molecule has 7 nitrogen and oxygen atoms in total. The number of nitrogens with zero attached hydrogens (tertiary/aromatic N) is 5. The van der Waals surface area contributed by atoms with Gasteiger partial charge in [0.25, 0.3) is 0 Å². The van der Waals surface area contributed by atoms with E-state index in [9.17, 15) is 13.2 Å². The highest BCUT2D eigenvalue weighted by molar-refractivity contribution is 5.89. The smallest absolute Gasteiger partial charge is 0.377 e. The third-order valence-corrected chi connectivity index (χ3v) is 5.91. The van der Waals surface area contributed by atoms with Crippen LogP contribution in [0.5, 0.6) is 0 Å². The van der Waals surface area contributed by atoms with Crippen LogP contribution in [0.4, 0.5) is 24.7 Å². The zero-order valence-corrected chi connectivity index (χ0v) is 19.2. The van der Waals surface area contributed by atoms with Crippen molar-refractivity contribution < 1.29 is 17.9 Å². The van der Waals surface area contributed by atoms with Crippen molar-refractivity contribution in [1.82, 2.24) is 24.8 Å². The van der Waals surface area contributed by atoms with Crippen LogP contribution in [0.2, 0.25) is 0 Å². The minimum Gasteiger partial charge on any atom is -0.377 e. The number of halogens is 3. The summed E-state index contributed by atoms with van der Waals surface area (Å²) >= 11 is 0. The summed E-state index contributed by atoms with van der Waals surface area (Å²) in [6.45, 7) is 2.02. The van der Waals surface area contributed by atoms with Crippen molar-refractivity contribution >= 4 is 22.5 Å². The Kier molecular flexibility index (Phi) is 6.08. The number of methoxy groups -OCH3 is 1. The zero-order valence-electron chi connectivity index (χ0n) is 19.2. The third kappa shape index (κ3) is 4.80. The van der Waals surface area contributed by atoms with Crippen LogP contribution in [-0.4, -0.2) is 45.5 Å². The number of aromatic nitrogens is 4. The van der Waals surface area contributed by atoms with Crippen LogP contribution in [0.3, 0.4) is 0 Å². The molecule has 10 heteroatoms. The summed E-state index contributed by atoms with van der Waals surface area (Å²) < 4.78 is 45.8. The lowest BCUT2D eigenvalue weighted by molar-refractivity contribution is -0.137. The number of ether oxygens (including phenoxy) is 1. The molecule has 0 amide bonds. The van der Waals surface area contributed by atoms with Gasteiger partial charge < -0.3 is 15.0 Å². The molecule has 5 rings (SSSR count). The maximum absolute atomic E-state index is 13.5. The first kappa shape index (κ1) is 23.1. The molecule has 4 heterocycles. The molecule has 180 valence electrons. The first-order chi connectivity index (χ1) is 16.8. The summed E-state index contributed by atoms with van der Waals surface area (Å²) in [5.41, 5.74) is 3.42. The maximum Gasteiger partial charge on any atom is 0.418 e. The molecule has 0 fully saturated rings. The summed E-state index contributed by atoms with van der Waals surface area (Å²) in [7, 11) is 3.62. The van der Waals surface area contributed by atoms with E-state index in [4.69, 9.17) is 4.74 Å². The van der Waals surface area contributed by atoms with E-state index in [1.54, 1.807) is 6.07 Å². The summed E-state index contributed by atoms with van der Waals surface area (Å²) in [5.74, 6) is 0.839. The number of hydrogen-bond acceptors (Lipinski definition) is 7. The Morgan fingerprint density at radius 1 is 1.09 bits per heavy atom. The minimum atomic E-state index is -4.54. The lowest BCUT2D eigenvalue weighted by atomic mass is 9.99. The van der Waals surface area contributed by atoms with Gasteiger partial charge in [0.05, 0.1) is 16.8 Å². The first-order valence-electron chi connectivity index (χ1n) is 11.1. The van der Waals surface area contributed by atoms with Crippen molar-refractivity contribution in [2.24, 2.45) is 0 Å². The van der Waals surface area contributed by atoms with Gasteiger partial charge >= 0.3 is 6.18 Å². The molecule has 0 unspecified atom stereocenters. The molecule has 1 N–H and O–H groups in total. The van der Waals surface area contributed by atoms with Gasteiger partial charge in [-0.15, -0.1) is 0 Å². The summed E-state index contributed by atoms with van der Waals surface area (Å²) in [5, 5.41) is 3.32. The molecule has 3 aromatic heterocycles. The van der Waals surface area contributed by atoms with Crippen LogP contribution in [0, 0.1) is 0 Å². The number of benzene rings is 1. The fourth-order valence-corrected chi connectivity index (χ4v) is 4.25. The van der Waals surface area contributed by atoms with Gasteiger partial charge in [0.15, 0.2) is 11.6 Å². The van der Waals surface area contributed by atoms with Crippen LogP contribution in [0.15, 0.2) is 48.8 Å². The summed E-state index contributed by atoms with van der Waals surface area (Å²) in [6, 6.07) is 10.0. The molecule has 1 aliphatic heterocycles. The molecule has 4 aromatic rings. The number of fused-ring (bicyclic) bond motifs is 2. The molecular formula is C25H23F3N6O. The predicted molar refractivity (Wildman–Crippen MR) is 126 cm³/mol. The van der Waals surface area contributed by atoms with Gasteiger partial charge in [-0.05, 0) is 54.9 Å². The van der Waals surface area contributed by atoms with E-state index in [2.05, 4.69) is 49.3 Å². The van der Waals surface area contributed by atoms with Gasteiger partial charge in [-0.25, -0.2) is 15.0 Å². The Hall–Kier alpha value is -3.63. The van der Waals surface area contributed by atoms with Gasteiger partial charge in [0.1, 0.15) is 12.1 Å². The van der Waals surface area contributed by atoms with Crippen LogP contribution in [0.25, 0.3) is 22.3 Å². The Morgan fingerprint density at radius 3 is 2.74 bits per heavy atom. The normalized spacial score (nSPS) is 14.2. The van der Waals surface area contributed by atoms with Crippen molar-refractivity contribution in [2.45, 2.75) is 25.7 Å². The molecule has 0 atom stereocenters. The largest absolute Gasteiger partial charge is 0.418 e. The van der Waals surface area contributed by atoms with E-state index < -0.39 is 11.7 Å². The third-order valence-electron chi connectivity index (χ3n) is 5.91. The molecular weight excluding hydrogens is 457 g/mol. The number of hydrogen-bond donors (Lipinski definition) is 1. The molecule has 0 saturated heterocycles. The summed E-state index contributed by atoms with van der Waals surface area (Å²) in [4.78, 5) is 19.7.